The maximum Gasteiger partial charge on any atom is 0.244 e. The summed E-state index contributed by atoms with van der Waals surface area (Å²) in [6.45, 7) is 1.35. The van der Waals surface area contributed by atoms with Crippen LogP contribution in [0.15, 0.2) is 47.4 Å². The van der Waals surface area contributed by atoms with Crippen molar-refractivity contribution >= 4 is 33.2 Å². The summed E-state index contributed by atoms with van der Waals surface area (Å²) < 4.78 is 45.2. The molecular weight excluding hydrogens is 371 g/mol. The predicted octanol–water partition coefficient (Wildman–Crippen LogP) is 2.79. The lowest BCUT2D eigenvalue weighted by Gasteiger charge is -2.15. The van der Waals surface area contributed by atoms with Crippen molar-refractivity contribution in [3.63, 3.8) is 0 Å². The van der Waals surface area contributed by atoms with Gasteiger partial charge in [-0.25, -0.2) is 12.8 Å². The van der Waals surface area contributed by atoms with Crippen LogP contribution in [0.25, 0.3) is 0 Å². The van der Waals surface area contributed by atoms with Gasteiger partial charge in [0.1, 0.15) is 16.5 Å². The number of nitrogens with one attached hydrogen (secondary N) is 2. The Bertz CT molecular complexity index is 889. The lowest BCUT2D eigenvalue weighted by Crippen LogP contribution is -2.41. The first-order chi connectivity index (χ1) is 11.7. The van der Waals surface area contributed by atoms with Gasteiger partial charge in [0.25, 0.3) is 0 Å². The Morgan fingerprint density at radius 3 is 2.52 bits per heavy atom. The predicted molar refractivity (Wildman–Crippen MR) is 92.8 cm³/mol. The summed E-state index contributed by atoms with van der Waals surface area (Å²) in [7, 11) is -2.72. The maximum atomic E-state index is 13.7. The number of methoxy groups -OCH3 is 1. The van der Waals surface area contributed by atoms with Crippen molar-refractivity contribution in [2.45, 2.75) is 17.9 Å². The topological polar surface area (TPSA) is 84.5 Å². The average Bonchev–Trinajstić information content (AvgIpc) is 2.54. The zero-order valence-corrected chi connectivity index (χ0v) is 15.0. The molecule has 134 valence electrons. The van der Waals surface area contributed by atoms with Crippen molar-refractivity contribution in [2.24, 2.45) is 0 Å². The number of benzene rings is 2. The summed E-state index contributed by atoms with van der Waals surface area (Å²) in [5.41, 5.74) is 0.368. The van der Waals surface area contributed by atoms with Gasteiger partial charge in [-0.1, -0.05) is 23.7 Å². The van der Waals surface area contributed by atoms with E-state index in [0.717, 1.165) is 12.1 Å². The van der Waals surface area contributed by atoms with Crippen LogP contribution in [0.3, 0.4) is 0 Å². The SMILES string of the molecule is COc1ccc(NC(=O)[C@H](C)NS(=O)(=O)c2ccccc2F)cc1Cl. The van der Waals surface area contributed by atoms with E-state index in [1.165, 1.54) is 32.2 Å². The van der Waals surface area contributed by atoms with Crippen LogP contribution in [0.5, 0.6) is 5.75 Å². The minimum atomic E-state index is -4.18. The molecule has 0 heterocycles. The van der Waals surface area contributed by atoms with E-state index in [1.807, 2.05) is 0 Å². The van der Waals surface area contributed by atoms with E-state index in [1.54, 1.807) is 12.1 Å². The summed E-state index contributed by atoms with van der Waals surface area (Å²) in [4.78, 5) is 11.6. The number of amides is 1. The van der Waals surface area contributed by atoms with Gasteiger partial charge in [-0.2, -0.15) is 4.72 Å². The van der Waals surface area contributed by atoms with Crippen LogP contribution in [-0.2, 0) is 14.8 Å². The fourth-order valence-electron chi connectivity index (χ4n) is 2.01. The molecule has 1 atom stereocenters. The molecule has 0 aromatic heterocycles. The first-order valence-corrected chi connectivity index (χ1v) is 9.02. The van der Waals surface area contributed by atoms with Crippen molar-refractivity contribution in [3.05, 3.63) is 53.3 Å². The zero-order chi connectivity index (χ0) is 18.6. The molecule has 6 nitrogen and oxygen atoms in total. The summed E-state index contributed by atoms with van der Waals surface area (Å²) in [5, 5.41) is 2.81. The lowest BCUT2D eigenvalue weighted by atomic mass is 10.2. The van der Waals surface area contributed by atoms with E-state index in [2.05, 4.69) is 10.0 Å². The fourth-order valence-corrected chi connectivity index (χ4v) is 3.55. The molecule has 9 heteroatoms. The Balaban J connectivity index is 2.10. The molecule has 0 saturated heterocycles. The van der Waals surface area contributed by atoms with Crippen LogP contribution in [-0.4, -0.2) is 27.5 Å². The minimum absolute atomic E-state index is 0.292. The van der Waals surface area contributed by atoms with Crippen LogP contribution in [0.2, 0.25) is 5.02 Å². The highest BCUT2D eigenvalue weighted by Crippen LogP contribution is 2.27. The van der Waals surface area contributed by atoms with Gasteiger partial charge in [-0.05, 0) is 37.3 Å². The van der Waals surface area contributed by atoms with E-state index in [-0.39, 0.29) is 0 Å². The Hall–Kier alpha value is -2.16. The van der Waals surface area contributed by atoms with Crippen LogP contribution in [0.4, 0.5) is 10.1 Å². The summed E-state index contributed by atoms with van der Waals surface area (Å²) in [5.74, 6) is -1.08. The third-order valence-corrected chi connectivity index (χ3v) is 5.14. The zero-order valence-electron chi connectivity index (χ0n) is 13.4. The molecule has 0 aliphatic rings. The Kier molecular flexibility index (Phi) is 5.99. The van der Waals surface area contributed by atoms with Crippen molar-refractivity contribution in [1.82, 2.24) is 4.72 Å². The number of anilines is 1. The highest BCUT2D eigenvalue weighted by molar-refractivity contribution is 7.89. The number of hydrogen-bond donors (Lipinski definition) is 2. The van der Waals surface area contributed by atoms with E-state index in [0.29, 0.717) is 16.5 Å². The first-order valence-electron chi connectivity index (χ1n) is 7.16. The second kappa shape index (κ2) is 7.81. The van der Waals surface area contributed by atoms with E-state index >= 15 is 0 Å². The molecule has 0 radical (unpaired) electrons. The molecule has 0 fully saturated rings. The van der Waals surface area contributed by atoms with Crippen molar-refractivity contribution in [2.75, 3.05) is 12.4 Å². The first kappa shape index (κ1) is 19.2. The number of hydrogen-bond acceptors (Lipinski definition) is 4. The number of carbonyl (C=O) groups is 1. The standard InChI is InChI=1S/C16H16ClFN2O4S/c1-10(20-25(22,23)15-6-4-3-5-13(15)18)16(21)19-11-7-8-14(24-2)12(17)9-11/h3-10,20H,1-2H3,(H,19,21)/t10-/m0/s1. The molecule has 25 heavy (non-hydrogen) atoms. The van der Waals surface area contributed by atoms with Crippen LogP contribution >= 0.6 is 11.6 Å². The Morgan fingerprint density at radius 1 is 1.24 bits per heavy atom. The van der Waals surface area contributed by atoms with Gasteiger partial charge >= 0.3 is 0 Å². The summed E-state index contributed by atoms with van der Waals surface area (Å²) in [6.07, 6.45) is 0. The molecule has 0 saturated carbocycles. The quantitative estimate of drug-likeness (QED) is 0.799. The highest BCUT2D eigenvalue weighted by Gasteiger charge is 2.24. The maximum absolute atomic E-state index is 13.7. The van der Waals surface area contributed by atoms with E-state index in [9.17, 15) is 17.6 Å². The average molecular weight is 387 g/mol. The molecule has 0 spiro atoms. The highest BCUT2D eigenvalue weighted by atomic mass is 35.5. The van der Waals surface area contributed by atoms with Crippen LogP contribution < -0.4 is 14.8 Å². The van der Waals surface area contributed by atoms with Crippen LogP contribution in [0.1, 0.15) is 6.92 Å². The van der Waals surface area contributed by atoms with E-state index < -0.39 is 32.7 Å². The smallest absolute Gasteiger partial charge is 0.244 e. The van der Waals surface area contributed by atoms with Crippen molar-refractivity contribution < 1.29 is 22.3 Å². The molecular formula is C16H16ClFN2O4S. The molecule has 0 aliphatic heterocycles. The third-order valence-electron chi connectivity index (χ3n) is 3.27. The Morgan fingerprint density at radius 2 is 1.92 bits per heavy atom. The number of rotatable bonds is 6. The molecule has 2 N–H and O–H groups in total. The number of carbonyl (C=O) groups excluding carboxylic acids is 1. The van der Waals surface area contributed by atoms with Gasteiger partial charge in [0.2, 0.25) is 15.9 Å². The fraction of sp³-hybridized carbons (Fsp3) is 0.188. The monoisotopic (exact) mass is 386 g/mol. The molecule has 0 bridgehead atoms. The number of halogens is 2. The molecule has 0 unspecified atom stereocenters. The molecule has 1 amide bonds. The normalized spacial score (nSPS) is 12.5. The van der Waals surface area contributed by atoms with Crippen LogP contribution in [0, 0.1) is 5.82 Å². The van der Waals surface area contributed by atoms with Gasteiger partial charge in [0, 0.05) is 5.69 Å². The Labute approximate surface area is 150 Å². The molecule has 2 aromatic carbocycles. The number of sulfonamides is 1. The van der Waals surface area contributed by atoms with Gasteiger partial charge in [-0.15, -0.1) is 0 Å². The minimum Gasteiger partial charge on any atom is -0.495 e. The second-order valence-electron chi connectivity index (χ2n) is 5.11. The summed E-state index contributed by atoms with van der Waals surface area (Å²) >= 11 is 5.97. The third kappa shape index (κ3) is 4.68. The second-order valence-corrected chi connectivity index (χ2v) is 7.20. The van der Waals surface area contributed by atoms with Gasteiger partial charge in [-0.3, -0.25) is 4.79 Å². The lowest BCUT2D eigenvalue weighted by molar-refractivity contribution is -0.117. The largest absolute Gasteiger partial charge is 0.495 e. The molecule has 0 aliphatic carbocycles. The molecule has 2 aromatic rings. The van der Waals surface area contributed by atoms with Gasteiger partial charge < -0.3 is 10.1 Å². The van der Waals surface area contributed by atoms with E-state index in [4.69, 9.17) is 16.3 Å². The van der Waals surface area contributed by atoms with Gasteiger partial charge in [0.15, 0.2) is 0 Å². The van der Waals surface area contributed by atoms with Gasteiger partial charge in [0.05, 0.1) is 18.2 Å². The summed E-state index contributed by atoms with van der Waals surface area (Å²) in [6, 6.07) is 8.36. The number of ether oxygens (including phenoxy) is 1. The van der Waals surface area contributed by atoms with Crippen molar-refractivity contribution in [3.8, 4) is 5.75 Å². The molecule has 2 rings (SSSR count). The van der Waals surface area contributed by atoms with Crippen molar-refractivity contribution in [1.29, 1.82) is 0 Å².